The van der Waals surface area contributed by atoms with Crippen LogP contribution in [0, 0.1) is 0 Å². The summed E-state index contributed by atoms with van der Waals surface area (Å²) >= 11 is 11.6. The van der Waals surface area contributed by atoms with Gasteiger partial charge in [-0.15, -0.1) is 0 Å². The van der Waals surface area contributed by atoms with E-state index in [1.165, 1.54) is 0 Å². The van der Waals surface area contributed by atoms with Crippen LogP contribution in [0.5, 0.6) is 5.75 Å². The van der Waals surface area contributed by atoms with Gasteiger partial charge in [0.1, 0.15) is 16.8 Å². The van der Waals surface area contributed by atoms with Crippen LogP contribution >= 0.6 is 44.1 Å². The molecular weight excluding hydrogens is 330 g/mol. The molecule has 1 rings (SSSR count). The molecule has 2 N–H and O–H groups in total. The molecule has 0 heterocycles. The molecule has 76 valence electrons. The van der Waals surface area contributed by atoms with Crippen LogP contribution in [0.3, 0.4) is 0 Å². The fraction of sp³-hybridized carbons (Fsp3) is 0.222. The number of rotatable bonds is 3. The first-order valence-corrected chi connectivity index (χ1v) is 5.91. The Morgan fingerprint density at radius 3 is 2.64 bits per heavy atom. The van der Waals surface area contributed by atoms with Gasteiger partial charge >= 0.3 is 0 Å². The third-order valence-corrected chi connectivity index (χ3v) is 3.04. The molecule has 0 aliphatic rings. The molecule has 1 atom stereocenters. The van der Waals surface area contributed by atoms with Crippen LogP contribution in [-0.4, -0.2) is 11.1 Å². The molecule has 1 aromatic carbocycles. The zero-order chi connectivity index (χ0) is 10.7. The average molecular weight is 339 g/mol. The monoisotopic (exact) mass is 337 g/mol. The highest BCUT2D eigenvalue weighted by Gasteiger charge is 2.09. The van der Waals surface area contributed by atoms with Gasteiger partial charge in [0.2, 0.25) is 0 Å². The first-order valence-electron chi connectivity index (χ1n) is 3.91. The Morgan fingerprint density at radius 2 is 2.14 bits per heavy atom. The molecule has 0 amide bonds. The minimum atomic E-state index is -0.262. The van der Waals surface area contributed by atoms with Crippen LogP contribution in [0.2, 0.25) is 0 Å². The SMILES string of the molecule is CC(Oc1ccc(Br)cc1Br)C(N)=S. The van der Waals surface area contributed by atoms with Gasteiger partial charge in [-0.2, -0.15) is 0 Å². The van der Waals surface area contributed by atoms with E-state index in [9.17, 15) is 0 Å². The van der Waals surface area contributed by atoms with Crippen molar-refractivity contribution < 1.29 is 4.74 Å². The molecule has 0 aromatic heterocycles. The van der Waals surface area contributed by atoms with Gasteiger partial charge < -0.3 is 10.5 Å². The van der Waals surface area contributed by atoms with Crippen LogP contribution in [0.1, 0.15) is 6.92 Å². The van der Waals surface area contributed by atoms with Crippen LogP contribution in [-0.2, 0) is 0 Å². The van der Waals surface area contributed by atoms with E-state index in [0.717, 1.165) is 14.7 Å². The van der Waals surface area contributed by atoms with E-state index in [1.807, 2.05) is 25.1 Å². The predicted octanol–water partition coefficient (Wildman–Crippen LogP) is 3.27. The van der Waals surface area contributed by atoms with Gasteiger partial charge in [0.05, 0.1) is 4.47 Å². The molecule has 0 saturated heterocycles. The summed E-state index contributed by atoms with van der Waals surface area (Å²) in [6.07, 6.45) is -0.262. The summed E-state index contributed by atoms with van der Waals surface area (Å²) in [6.45, 7) is 1.82. The van der Waals surface area contributed by atoms with Gasteiger partial charge in [0, 0.05) is 4.47 Å². The van der Waals surface area contributed by atoms with Crippen LogP contribution in [0.4, 0.5) is 0 Å². The van der Waals surface area contributed by atoms with Crippen molar-refractivity contribution in [3.63, 3.8) is 0 Å². The summed E-state index contributed by atoms with van der Waals surface area (Å²) in [5, 5.41) is 0. The second-order valence-corrected chi connectivity index (χ2v) is 4.98. The Morgan fingerprint density at radius 1 is 1.50 bits per heavy atom. The molecule has 5 heteroatoms. The predicted molar refractivity (Wildman–Crippen MR) is 68.7 cm³/mol. The summed E-state index contributed by atoms with van der Waals surface area (Å²) in [5.74, 6) is 0.730. The number of thiocarbonyl (C=S) groups is 1. The van der Waals surface area contributed by atoms with Crippen molar-refractivity contribution in [1.29, 1.82) is 0 Å². The minimum Gasteiger partial charge on any atom is -0.482 e. The molecule has 0 saturated carbocycles. The van der Waals surface area contributed by atoms with Gasteiger partial charge in [-0.05, 0) is 41.1 Å². The molecule has 0 fully saturated rings. The summed E-state index contributed by atoms with van der Waals surface area (Å²) in [4.78, 5) is 0.347. The minimum absolute atomic E-state index is 0.262. The van der Waals surface area contributed by atoms with Crippen molar-refractivity contribution in [3.05, 3.63) is 27.1 Å². The second kappa shape index (κ2) is 5.09. The van der Waals surface area contributed by atoms with Crippen molar-refractivity contribution in [2.75, 3.05) is 0 Å². The highest BCUT2D eigenvalue weighted by molar-refractivity contribution is 9.11. The molecule has 1 aromatic rings. The Kier molecular flexibility index (Phi) is 4.34. The van der Waals surface area contributed by atoms with Gasteiger partial charge in [-0.1, -0.05) is 28.1 Å². The summed E-state index contributed by atoms with van der Waals surface area (Å²) in [5.41, 5.74) is 5.45. The van der Waals surface area contributed by atoms with Gasteiger partial charge in [0.25, 0.3) is 0 Å². The number of nitrogens with two attached hydrogens (primary N) is 1. The fourth-order valence-electron chi connectivity index (χ4n) is 0.819. The van der Waals surface area contributed by atoms with E-state index < -0.39 is 0 Å². The number of halogens is 2. The zero-order valence-electron chi connectivity index (χ0n) is 7.46. The standard InChI is InChI=1S/C9H9Br2NOS/c1-5(9(12)14)13-8-3-2-6(10)4-7(8)11/h2-5H,1H3,(H2,12,14). The maximum Gasteiger partial charge on any atom is 0.145 e. The van der Waals surface area contributed by atoms with E-state index in [1.54, 1.807) is 0 Å². The van der Waals surface area contributed by atoms with Crippen LogP contribution < -0.4 is 10.5 Å². The quantitative estimate of drug-likeness (QED) is 0.859. The Labute approximate surface area is 105 Å². The smallest absolute Gasteiger partial charge is 0.145 e. The van der Waals surface area contributed by atoms with Crippen molar-refractivity contribution in [2.24, 2.45) is 5.73 Å². The lowest BCUT2D eigenvalue weighted by Crippen LogP contribution is -2.28. The van der Waals surface area contributed by atoms with E-state index in [2.05, 4.69) is 31.9 Å². The maximum atomic E-state index is 5.53. The Hall–Kier alpha value is -0.130. The lowest BCUT2D eigenvalue weighted by atomic mass is 10.3. The van der Waals surface area contributed by atoms with Crippen molar-refractivity contribution in [3.8, 4) is 5.75 Å². The van der Waals surface area contributed by atoms with Crippen molar-refractivity contribution in [1.82, 2.24) is 0 Å². The zero-order valence-corrected chi connectivity index (χ0v) is 11.4. The third-order valence-electron chi connectivity index (χ3n) is 1.60. The van der Waals surface area contributed by atoms with Gasteiger partial charge in [-0.3, -0.25) is 0 Å². The lowest BCUT2D eigenvalue weighted by molar-refractivity contribution is 0.286. The first-order chi connectivity index (χ1) is 6.50. The summed E-state index contributed by atoms with van der Waals surface area (Å²) in [7, 11) is 0. The molecule has 0 aliphatic carbocycles. The highest BCUT2D eigenvalue weighted by Crippen LogP contribution is 2.28. The molecule has 14 heavy (non-hydrogen) atoms. The van der Waals surface area contributed by atoms with E-state index in [-0.39, 0.29) is 6.10 Å². The number of hydrogen-bond donors (Lipinski definition) is 1. The second-order valence-electron chi connectivity index (χ2n) is 2.74. The molecular formula is C9H9Br2NOS. The number of ether oxygens (including phenoxy) is 1. The normalized spacial score (nSPS) is 12.2. The van der Waals surface area contributed by atoms with Crippen molar-refractivity contribution in [2.45, 2.75) is 13.0 Å². The number of hydrogen-bond acceptors (Lipinski definition) is 2. The van der Waals surface area contributed by atoms with Gasteiger partial charge in [-0.25, -0.2) is 0 Å². The topological polar surface area (TPSA) is 35.2 Å². The van der Waals surface area contributed by atoms with Crippen LogP contribution in [0.15, 0.2) is 27.1 Å². The Bertz CT molecular complexity index is 357. The molecule has 2 nitrogen and oxygen atoms in total. The molecule has 0 radical (unpaired) electrons. The average Bonchev–Trinajstić information content (AvgIpc) is 2.09. The van der Waals surface area contributed by atoms with Crippen LogP contribution in [0.25, 0.3) is 0 Å². The highest BCUT2D eigenvalue weighted by atomic mass is 79.9. The lowest BCUT2D eigenvalue weighted by Gasteiger charge is -2.14. The molecule has 0 spiro atoms. The van der Waals surface area contributed by atoms with E-state index in [0.29, 0.717) is 4.99 Å². The van der Waals surface area contributed by atoms with E-state index in [4.69, 9.17) is 22.7 Å². The van der Waals surface area contributed by atoms with E-state index >= 15 is 0 Å². The summed E-state index contributed by atoms with van der Waals surface area (Å²) < 4.78 is 7.38. The molecule has 0 aliphatic heterocycles. The maximum absolute atomic E-state index is 5.53. The molecule has 0 bridgehead atoms. The third kappa shape index (κ3) is 3.22. The number of benzene rings is 1. The fourth-order valence-corrected chi connectivity index (χ4v) is 2.01. The van der Waals surface area contributed by atoms with Gasteiger partial charge in [0.15, 0.2) is 0 Å². The van der Waals surface area contributed by atoms with Crippen molar-refractivity contribution >= 4 is 49.1 Å². The first kappa shape index (κ1) is 11.9. The summed E-state index contributed by atoms with van der Waals surface area (Å²) in [6, 6.07) is 5.65. The largest absolute Gasteiger partial charge is 0.482 e. The molecule has 1 unspecified atom stereocenters. The Balaban J connectivity index is 2.82.